The molecule has 1 atom stereocenters. The van der Waals surface area contributed by atoms with Gasteiger partial charge in [-0.3, -0.25) is 4.79 Å². The first-order valence-corrected chi connectivity index (χ1v) is 12.0. The first kappa shape index (κ1) is 24.0. The Bertz CT molecular complexity index is 826. The predicted octanol–water partition coefficient (Wildman–Crippen LogP) is 4.36. The smallest absolute Gasteiger partial charge is 0.408 e. The molecule has 2 rings (SSSR count). The van der Waals surface area contributed by atoms with Gasteiger partial charge in [-0.1, -0.05) is 90.9 Å². The minimum absolute atomic E-state index is 0.0424. The molecule has 6 nitrogen and oxygen atoms in total. The molecule has 30 heavy (non-hydrogen) atoms. The Kier molecular flexibility index (Phi) is 9.39. The maximum atomic E-state index is 12.7. The van der Waals surface area contributed by atoms with Crippen molar-refractivity contribution in [1.82, 2.24) is 10.6 Å². The molecule has 0 aliphatic heterocycles. The Morgan fingerprint density at radius 3 is 2.40 bits per heavy atom. The number of para-hydroxylation sites is 1. The average Bonchev–Trinajstić information content (AvgIpc) is 2.70. The lowest BCUT2D eigenvalue weighted by molar-refractivity contribution is -0.122. The van der Waals surface area contributed by atoms with Crippen molar-refractivity contribution in [2.45, 2.75) is 44.7 Å². The zero-order chi connectivity index (χ0) is 22.0. The zero-order valence-corrected chi connectivity index (χ0v) is 19.1. The highest BCUT2D eigenvalue weighted by Gasteiger charge is 2.23. The van der Waals surface area contributed by atoms with Gasteiger partial charge in [-0.2, -0.15) is 0 Å². The third-order valence-electron chi connectivity index (χ3n) is 3.88. The summed E-state index contributed by atoms with van der Waals surface area (Å²) >= 11 is 0. The van der Waals surface area contributed by atoms with Gasteiger partial charge >= 0.3 is 6.09 Å². The minimum atomic E-state index is -0.714. The van der Waals surface area contributed by atoms with E-state index in [0.717, 1.165) is 11.1 Å². The molecule has 0 unspecified atom stereocenters. The topological polar surface area (TPSA) is 93.4 Å². The fourth-order valence-electron chi connectivity index (χ4n) is 2.36. The summed E-state index contributed by atoms with van der Waals surface area (Å²) in [5.74, 6) is 0.169. The summed E-state index contributed by atoms with van der Waals surface area (Å²) in [7, 11) is 3.20. The zero-order valence-electron chi connectivity index (χ0n) is 17.5. The van der Waals surface area contributed by atoms with E-state index in [0.29, 0.717) is 18.0 Å². The molecule has 8 heteroatoms. The molecule has 2 amide bonds. The highest BCUT2D eigenvalue weighted by molar-refractivity contribution is 8.77. The van der Waals surface area contributed by atoms with Crippen molar-refractivity contribution < 1.29 is 14.3 Å². The highest BCUT2D eigenvalue weighted by atomic mass is 33.1. The molecule has 0 radical (unpaired) electrons. The number of carbonyl (C=O) groups is 2. The van der Waals surface area contributed by atoms with Crippen molar-refractivity contribution in [3.63, 3.8) is 0 Å². The van der Waals surface area contributed by atoms with Crippen molar-refractivity contribution in [1.29, 1.82) is 0 Å². The summed E-state index contributed by atoms with van der Waals surface area (Å²) in [6.07, 6.45) is -0.653. The van der Waals surface area contributed by atoms with Crippen LogP contribution in [0.15, 0.2) is 54.6 Å². The van der Waals surface area contributed by atoms with E-state index in [2.05, 4.69) is 31.4 Å². The molecule has 4 N–H and O–H groups in total. The van der Waals surface area contributed by atoms with Crippen LogP contribution in [0.4, 0.5) is 10.5 Å². The Morgan fingerprint density at radius 2 is 1.73 bits per heavy atom. The van der Waals surface area contributed by atoms with E-state index >= 15 is 0 Å². The molecular formula is C22H29N3O3S2. The van der Waals surface area contributed by atoms with E-state index in [1.807, 2.05) is 42.5 Å². The number of anilines is 1. The Morgan fingerprint density at radius 1 is 1.07 bits per heavy atom. The van der Waals surface area contributed by atoms with Gasteiger partial charge in [0.05, 0.1) is 0 Å². The summed E-state index contributed by atoms with van der Waals surface area (Å²) < 4.78 is 5.32. The fourth-order valence-corrected chi connectivity index (χ4v) is 4.83. The van der Waals surface area contributed by atoms with Crippen LogP contribution in [0, 0.1) is 0 Å². The fraction of sp³-hybridized carbons (Fsp3) is 0.364. The molecule has 0 heterocycles. The number of nitrogen functional groups attached to an aromatic ring is 1. The van der Waals surface area contributed by atoms with Gasteiger partial charge in [0.1, 0.15) is 12.6 Å². The number of rotatable bonds is 9. The van der Waals surface area contributed by atoms with Crippen molar-refractivity contribution in [2.75, 3.05) is 11.5 Å². The van der Waals surface area contributed by atoms with Crippen LogP contribution >= 0.6 is 21.6 Å². The second-order valence-electron chi connectivity index (χ2n) is 7.66. The number of nitrogens with one attached hydrogen (secondary N) is 2. The van der Waals surface area contributed by atoms with Crippen LogP contribution in [-0.4, -0.2) is 28.5 Å². The van der Waals surface area contributed by atoms with E-state index in [-0.39, 0.29) is 17.3 Å². The van der Waals surface area contributed by atoms with Crippen LogP contribution in [0.3, 0.4) is 0 Å². The summed E-state index contributed by atoms with van der Waals surface area (Å²) in [4.78, 5) is 25.0. The number of amides is 2. The normalized spacial score (nSPS) is 12.1. The first-order valence-electron chi connectivity index (χ1n) is 9.63. The van der Waals surface area contributed by atoms with Crippen LogP contribution < -0.4 is 16.4 Å². The first-order chi connectivity index (χ1) is 14.2. The van der Waals surface area contributed by atoms with Crippen LogP contribution in [-0.2, 0) is 22.7 Å². The van der Waals surface area contributed by atoms with E-state index < -0.39 is 12.1 Å². The van der Waals surface area contributed by atoms with Crippen molar-refractivity contribution in [3.8, 4) is 0 Å². The summed E-state index contributed by atoms with van der Waals surface area (Å²) in [6, 6.07) is 16.1. The highest BCUT2D eigenvalue weighted by Crippen LogP contribution is 2.35. The standard InChI is InChI=1S/C22H29N3O3S2/c1-22(2,3)30-29-15-19(20(26)24-13-16-9-5-4-6-10-16)25-21(27)28-14-17-11-7-8-12-18(17)23/h4-12,19H,13-15,23H2,1-3H3,(H,24,26)(H,25,27)/t19-/m0/s1. The van der Waals surface area contributed by atoms with E-state index in [9.17, 15) is 9.59 Å². The second kappa shape index (κ2) is 11.8. The van der Waals surface area contributed by atoms with E-state index in [1.165, 1.54) is 0 Å². The van der Waals surface area contributed by atoms with Crippen molar-refractivity contribution in [3.05, 3.63) is 65.7 Å². The lowest BCUT2D eigenvalue weighted by Crippen LogP contribution is -2.48. The molecule has 0 fully saturated rings. The number of hydrogen-bond donors (Lipinski definition) is 3. The molecular weight excluding hydrogens is 418 g/mol. The number of benzene rings is 2. The minimum Gasteiger partial charge on any atom is -0.445 e. The summed E-state index contributed by atoms with van der Waals surface area (Å²) in [6.45, 7) is 6.73. The Hall–Kier alpha value is -2.32. The van der Waals surface area contributed by atoms with E-state index in [1.54, 1.807) is 33.7 Å². The van der Waals surface area contributed by atoms with Gasteiger partial charge in [0.2, 0.25) is 5.91 Å². The van der Waals surface area contributed by atoms with Crippen LogP contribution in [0.25, 0.3) is 0 Å². The van der Waals surface area contributed by atoms with Crippen LogP contribution in [0.2, 0.25) is 0 Å². The Balaban J connectivity index is 1.92. The van der Waals surface area contributed by atoms with Crippen LogP contribution in [0.1, 0.15) is 31.9 Å². The second-order valence-corrected chi connectivity index (χ2v) is 10.8. The van der Waals surface area contributed by atoms with Gasteiger partial charge in [0.15, 0.2) is 0 Å². The van der Waals surface area contributed by atoms with Gasteiger partial charge in [0, 0.05) is 28.3 Å². The summed E-state index contributed by atoms with van der Waals surface area (Å²) in [5, 5.41) is 5.56. The average molecular weight is 448 g/mol. The third kappa shape index (κ3) is 9.00. The van der Waals surface area contributed by atoms with E-state index in [4.69, 9.17) is 10.5 Å². The molecule has 162 valence electrons. The Labute approximate surface area is 186 Å². The van der Waals surface area contributed by atoms with Gasteiger partial charge in [-0.25, -0.2) is 4.79 Å². The maximum absolute atomic E-state index is 12.7. The molecule has 0 aliphatic rings. The lowest BCUT2D eigenvalue weighted by atomic mass is 10.2. The van der Waals surface area contributed by atoms with Crippen molar-refractivity contribution in [2.24, 2.45) is 0 Å². The van der Waals surface area contributed by atoms with Crippen molar-refractivity contribution >= 4 is 39.3 Å². The number of ether oxygens (including phenoxy) is 1. The largest absolute Gasteiger partial charge is 0.445 e. The number of carbonyl (C=O) groups excluding carboxylic acids is 2. The van der Waals surface area contributed by atoms with Gasteiger partial charge in [-0.05, 0) is 11.6 Å². The monoisotopic (exact) mass is 447 g/mol. The third-order valence-corrected chi connectivity index (χ3v) is 7.22. The molecule has 0 saturated heterocycles. The predicted molar refractivity (Wildman–Crippen MR) is 126 cm³/mol. The molecule has 0 saturated carbocycles. The number of alkyl carbamates (subject to hydrolysis) is 1. The van der Waals surface area contributed by atoms with Crippen LogP contribution in [0.5, 0.6) is 0 Å². The molecule has 2 aromatic rings. The molecule has 0 aromatic heterocycles. The molecule has 2 aromatic carbocycles. The summed E-state index contributed by atoms with van der Waals surface area (Å²) in [5.41, 5.74) is 8.14. The maximum Gasteiger partial charge on any atom is 0.408 e. The molecule has 0 spiro atoms. The quantitative estimate of drug-likeness (QED) is 0.391. The molecule has 0 bridgehead atoms. The number of hydrogen-bond acceptors (Lipinski definition) is 6. The molecule has 0 aliphatic carbocycles. The van der Waals surface area contributed by atoms with Gasteiger partial charge in [-0.15, -0.1) is 0 Å². The lowest BCUT2D eigenvalue weighted by Gasteiger charge is -2.21. The van der Waals surface area contributed by atoms with Gasteiger partial charge in [0.25, 0.3) is 0 Å². The van der Waals surface area contributed by atoms with Gasteiger partial charge < -0.3 is 21.1 Å². The number of nitrogens with two attached hydrogens (primary N) is 1. The SMILES string of the molecule is CC(C)(C)SSC[C@H](NC(=O)OCc1ccccc1N)C(=O)NCc1ccccc1.